The Morgan fingerprint density at radius 2 is 1.83 bits per heavy atom. The minimum Gasteiger partial charge on any atom is -0.398 e. The van der Waals surface area contributed by atoms with Crippen LogP contribution in [0.15, 0.2) is 53.0 Å². The molecule has 0 spiro atoms. The maximum atomic E-state index is 13.9. The van der Waals surface area contributed by atoms with Gasteiger partial charge in [0.2, 0.25) is 0 Å². The third-order valence-electron chi connectivity index (χ3n) is 3.23. The zero-order valence-electron chi connectivity index (χ0n) is 12.2. The number of allylic oxidation sites excluding steroid dienone is 1. The van der Waals surface area contributed by atoms with Crippen LogP contribution in [0.5, 0.6) is 0 Å². The molecule has 0 aliphatic heterocycles. The SMILES string of the molecule is CN=C(C(C=O)=C(N)c1ccc(F)cc1F)c1ccc(Cl)cc1. The van der Waals surface area contributed by atoms with Crippen molar-refractivity contribution in [3.63, 3.8) is 0 Å². The van der Waals surface area contributed by atoms with Crippen molar-refractivity contribution in [1.29, 1.82) is 0 Å². The van der Waals surface area contributed by atoms with E-state index in [0.29, 0.717) is 22.9 Å². The zero-order chi connectivity index (χ0) is 17.0. The predicted octanol–water partition coefficient (Wildman–Crippen LogP) is 3.61. The number of nitrogens with two attached hydrogens (primary N) is 1. The molecule has 2 aromatic carbocycles. The molecule has 0 aliphatic carbocycles. The molecule has 0 atom stereocenters. The molecule has 0 saturated heterocycles. The topological polar surface area (TPSA) is 55.5 Å². The Labute approximate surface area is 137 Å². The minimum atomic E-state index is -0.853. The van der Waals surface area contributed by atoms with E-state index in [-0.39, 0.29) is 22.5 Å². The van der Waals surface area contributed by atoms with E-state index in [2.05, 4.69) is 4.99 Å². The Bertz CT molecular complexity index is 799. The molecule has 0 amide bonds. The standard InChI is InChI=1S/C17H13ClF2N2O/c1-22-17(10-2-4-11(18)5-3-10)14(9-23)16(21)13-7-6-12(19)8-15(13)20/h2-9H,21H2,1H3. The van der Waals surface area contributed by atoms with Crippen LogP contribution >= 0.6 is 11.6 Å². The van der Waals surface area contributed by atoms with Crippen LogP contribution in [-0.2, 0) is 4.79 Å². The normalized spacial score (nSPS) is 12.8. The average molecular weight is 335 g/mol. The van der Waals surface area contributed by atoms with E-state index in [1.54, 1.807) is 24.3 Å². The van der Waals surface area contributed by atoms with Crippen LogP contribution in [0.3, 0.4) is 0 Å². The van der Waals surface area contributed by atoms with Crippen LogP contribution < -0.4 is 5.73 Å². The van der Waals surface area contributed by atoms with Crippen molar-refractivity contribution in [2.24, 2.45) is 10.7 Å². The number of nitrogens with zero attached hydrogens (tertiary/aromatic N) is 1. The average Bonchev–Trinajstić information content (AvgIpc) is 2.53. The molecule has 0 unspecified atom stereocenters. The second-order valence-corrected chi connectivity index (χ2v) is 5.08. The van der Waals surface area contributed by atoms with Gasteiger partial charge in [0.05, 0.1) is 17.0 Å². The lowest BCUT2D eigenvalue weighted by atomic mass is 9.98. The Morgan fingerprint density at radius 3 is 2.35 bits per heavy atom. The Morgan fingerprint density at radius 1 is 1.17 bits per heavy atom. The number of aldehydes is 1. The molecule has 0 heterocycles. The van der Waals surface area contributed by atoms with E-state index in [1.165, 1.54) is 13.1 Å². The molecule has 2 rings (SSSR count). The van der Waals surface area contributed by atoms with Crippen LogP contribution in [0.2, 0.25) is 5.02 Å². The number of aliphatic imine (C=N–C) groups is 1. The van der Waals surface area contributed by atoms with E-state index >= 15 is 0 Å². The molecule has 0 fully saturated rings. The van der Waals surface area contributed by atoms with Gasteiger partial charge in [-0.15, -0.1) is 0 Å². The summed E-state index contributed by atoms with van der Waals surface area (Å²) in [6.45, 7) is 0. The summed E-state index contributed by atoms with van der Waals surface area (Å²) in [5, 5.41) is 0.526. The minimum absolute atomic E-state index is 0.0142. The first-order chi connectivity index (χ1) is 11.0. The number of halogens is 3. The van der Waals surface area contributed by atoms with Gasteiger partial charge >= 0.3 is 0 Å². The zero-order valence-corrected chi connectivity index (χ0v) is 12.9. The van der Waals surface area contributed by atoms with Gasteiger partial charge in [-0.1, -0.05) is 23.7 Å². The quantitative estimate of drug-likeness (QED) is 0.527. The van der Waals surface area contributed by atoms with Gasteiger partial charge in [0.15, 0.2) is 6.29 Å². The molecule has 118 valence electrons. The molecule has 23 heavy (non-hydrogen) atoms. The Balaban J connectivity index is 2.59. The molecule has 0 saturated carbocycles. The van der Waals surface area contributed by atoms with Gasteiger partial charge in [0.1, 0.15) is 11.6 Å². The summed E-state index contributed by atoms with van der Waals surface area (Å²) in [6, 6.07) is 9.57. The first kappa shape index (κ1) is 16.8. The van der Waals surface area contributed by atoms with Crippen LogP contribution in [0.25, 0.3) is 5.70 Å². The summed E-state index contributed by atoms with van der Waals surface area (Å²) in [5.74, 6) is -1.58. The predicted molar refractivity (Wildman–Crippen MR) is 87.4 cm³/mol. The van der Waals surface area contributed by atoms with Crippen molar-refractivity contribution < 1.29 is 13.6 Å². The van der Waals surface area contributed by atoms with Gasteiger partial charge < -0.3 is 5.73 Å². The van der Waals surface area contributed by atoms with Gasteiger partial charge in [-0.2, -0.15) is 0 Å². The second kappa shape index (κ2) is 7.15. The highest BCUT2D eigenvalue weighted by atomic mass is 35.5. The van der Waals surface area contributed by atoms with E-state index in [1.807, 2.05) is 0 Å². The number of hydrogen-bond acceptors (Lipinski definition) is 3. The van der Waals surface area contributed by atoms with Crippen LogP contribution in [0, 0.1) is 11.6 Å². The van der Waals surface area contributed by atoms with Gasteiger partial charge in [-0.25, -0.2) is 8.78 Å². The van der Waals surface area contributed by atoms with E-state index in [9.17, 15) is 13.6 Å². The molecule has 0 aliphatic rings. The highest BCUT2D eigenvalue weighted by molar-refractivity contribution is 6.31. The molecular formula is C17H13ClF2N2O. The summed E-state index contributed by atoms with van der Waals surface area (Å²) in [7, 11) is 1.49. The van der Waals surface area contributed by atoms with E-state index in [0.717, 1.165) is 6.07 Å². The fourth-order valence-electron chi connectivity index (χ4n) is 2.11. The highest BCUT2D eigenvalue weighted by Crippen LogP contribution is 2.21. The number of rotatable bonds is 4. The number of carbonyl (C=O) groups is 1. The fourth-order valence-corrected chi connectivity index (χ4v) is 2.24. The smallest absolute Gasteiger partial charge is 0.154 e. The molecule has 0 bridgehead atoms. The molecule has 0 radical (unpaired) electrons. The molecule has 0 aromatic heterocycles. The molecule has 2 aromatic rings. The molecule has 6 heteroatoms. The van der Waals surface area contributed by atoms with E-state index in [4.69, 9.17) is 17.3 Å². The molecule has 3 nitrogen and oxygen atoms in total. The van der Waals surface area contributed by atoms with Gasteiger partial charge in [-0.3, -0.25) is 9.79 Å². The summed E-state index contributed by atoms with van der Waals surface area (Å²) >= 11 is 5.84. The van der Waals surface area contributed by atoms with E-state index < -0.39 is 11.6 Å². The summed E-state index contributed by atoms with van der Waals surface area (Å²) in [5.41, 5.74) is 6.65. The maximum Gasteiger partial charge on any atom is 0.154 e. The van der Waals surface area contributed by atoms with Crippen molar-refractivity contribution in [1.82, 2.24) is 0 Å². The first-order valence-corrected chi connectivity index (χ1v) is 6.99. The summed E-state index contributed by atoms with van der Waals surface area (Å²) < 4.78 is 26.9. The lowest BCUT2D eigenvalue weighted by Gasteiger charge is -2.11. The highest BCUT2D eigenvalue weighted by Gasteiger charge is 2.16. The number of benzene rings is 2. The number of carbonyl (C=O) groups excluding carboxylic acids is 1. The van der Waals surface area contributed by atoms with Crippen molar-refractivity contribution >= 4 is 29.3 Å². The van der Waals surface area contributed by atoms with Crippen molar-refractivity contribution in [3.8, 4) is 0 Å². The molecule has 2 N–H and O–H groups in total. The largest absolute Gasteiger partial charge is 0.398 e. The van der Waals surface area contributed by atoms with Crippen LogP contribution in [0.4, 0.5) is 8.78 Å². The van der Waals surface area contributed by atoms with Crippen LogP contribution in [-0.4, -0.2) is 19.0 Å². The number of hydrogen-bond donors (Lipinski definition) is 1. The Hall–Kier alpha value is -2.53. The lowest BCUT2D eigenvalue weighted by molar-refractivity contribution is -0.104. The Kier molecular flexibility index (Phi) is 5.24. The van der Waals surface area contributed by atoms with Crippen molar-refractivity contribution in [2.75, 3.05) is 7.05 Å². The summed E-state index contributed by atoms with van der Waals surface area (Å²) in [4.78, 5) is 15.6. The molecular weight excluding hydrogens is 322 g/mol. The monoisotopic (exact) mass is 334 g/mol. The third-order valence-corrected chi connectivity index (χ3v) is 3.48. The second-order valence-electron chi connectivity index (χ2n) is 4.65. The fraction of sp³-hybridized carbons (Fsp3) is 0.0588. The van der Waals surface area contributed by atoms with Crippen molar-refractivity contribution in [3.05, 3.63) is 75.8 Å². The summed E-state index contributed by atoms with van der Waals surface area (Å²) in [6.07, 6.45) is 0.495. The van der Waals surface area contributed by atoms with Gasteiger partial charge in [0, 0.05) is 29.3 Å². The maximum absolute atomic E-state index is 13.9. The first-order valence-electron chi connectivity index (χ1n) is 6.61. The third kappa shape index (κ3) is 3.63. The van der Waals surface area contributed by atoms with Crippen LogP contribution in [0.1, 0.15) is 11.1 Å². The lowest BCUT2D eigenvalue weighted by Crippen LogP contribution is -2.14. The van der Waals surface area contributed by atoms with Gasteiger partial charge in [-0.05, 0) is 24.3 Å². The van der Waals surface area contributed by atoms with Gasteiger partial charge in [0.25, 0.3) is 0 Å². The van der Waals surface area contributed by atoms with Crippen molar-refractivity contribution in [2.45, 2.75) is 0 Å².